The number of rotatable bonds is 7. The van der Waals surface area contributed by atoms with Crippen molar-refractivity contribution in [2.45, 2.75) is 30.9 Å². The molecule has 0 aliphatic rings. The minimum atomic E-state index is -6.95. The molecule has 0 aliphatic carbocycles. The van der Waals surface area contributed by atoms with Crippen molar-refractivity contribution in [2.75, 3.05) is 17.7 Å². The van der Waals surface area contributed by atoms with E-state index < -0.39 is 56.5 Å². The first-order valence-electron chi connectivity index (χ1n) is 11.7. The lowest BCUT2D eigenvalue weighted by Gasteiger charge is -2.36. The first kappa shape index (κ1) is 34.5. The minimum absolute atomic E-state index is 0.0254. The van der Waals surface area contributed by atoms with Crippen molar-refractivity contribution < 1.29 is 53.8 Å². The molecule has 0 aromatic heterocycles. The predicted octanol–water partition coefficient (Wildman–Crippen LogP) is 8.72. The molecule has 0 radical (unpaired) electrons. The second kappa shape index (κ2) is 12.2. The predicted molar refractivity (Wildman–Crippen MR) is 144 cm³/mol. The van der Waals surface area contributed by atoms with E-state index in [0.29, 0.717) is 11.1 Å². The van der Waals surface area contributed by atoms with Crippen LogP contribution in [-0.2, 0) is 5.67 Å². The van der Waals surface area contributed by atoms with Crippen LogP contribution in [0.1, 0.15) is 37.4 Å². The van der Waals surface area contributed by atoms with E-state index in [1.54, 1.807) is 6.92 Å². The van der Waals surface area contributed by atoms with E-state index in [0.717, 1.165) is 7.11 Å². The highest BCUT2D eigenvalue weighted by molar-refractivity contribution is 9.10. The van der Waals surface area contributed by atoms with Crippen molar-refractivity contribution in [3.05, 3.63) is 85.8 Å². The summed E-state index contributed by atoms with van der Waals surface area (Å²) < 4.78 is 126. The van der Waals surface area contributed by atoms with Crippen LogP contribution in [-0.4, -0.2) is 37.2 Å². The van der Waals surface area contributed by atoms with E-state index in [-0.39, 0.29) is 34.7 Å². The third-order valence-electron chi connectivity index (χ3n) is 6.17. The molecular weight excluding hydrogens is 701 g/mol. The van der Waals surface area contributed by atoms with Gasteiger partial charge in [-0.1, -0.05) is 17.7 Å². The van der Waals surface area contributed by atoms with Gasteiger partial charge in [0.05, 0.1) is 40.7 Å². The number of hydrogen-bond acceptors (Lipinski definition) is 4. The van der Waals surface area contributed by atoms with Gasteiger partial charge in [-0.3, -0.25) is 9.59 Å². The van der Waals surface area contributed by atoms with Gasteiger partial charge in [-0.05, 0) is 70.9 Å². The molecule has 0 fully saturated rings. The lowest BCUT2D eigenvalue weighted by molar-refractivity contribution is -0.389. The largest absolute Gasteiger partial charge is 0.494 e. The highest BCUT2D eigenvalue weighted by Gasteiger charge is 2.81. The summed E-state index contributed by atoms with van der Waals surface area (Å²) in [7, 11) is 1.13. The van der Waals surface area contributed by atoms with E-state index in [1.807, 2.05) is 6.07 Å². The van der Waals surface area contributed by atoms with Crippen LogP contribution in [0.15, 0.2) is 53.0 Å². The van der Waals surface area contributed by atoms with Crippen molar-refractivity contribution in [2.24, 2.45) is 0 Å². The van der Waals surface area contributed by atoms with Crippen molar-refractivity contribution >= 4 is 50.7 Å². The Hall–Kier alpha value is -3.97. The number of nitrogens with zero attached hydrogens (tertiary/aromatic N) is 1. The molecule has 0 spiro atoms. The Morgan fingerprint density at radius 1 is 0.886 bits per heavy atom. The molecule has 2 N–H and O–H groups in total. The molecule has 0 bridgehead atoms. The standard InChI is InChI=1S/C27H16BrClF9N3O3/c1-12-8-13(11-39)6-7-15(12)22(42)40-19-5-3-4-16(21(19)44-2)23(43)41-20-17(28)9-14(10-18(20)29)24(30,26(33,34)35)25(31,32)27(36,37)38/h3-10H,1-2H3,(H,40,42)(H,41,43). The number of benzene rings is 3. The van der Waals surface area contributed by atoms with E-state index in [4.69, 9.17) is 21.6 Å². The average Bonchev–Trinajstić information content (AvgIpc) is 2.92. The van der Waals surface area contributed by atoms with Crippen LogP contribution in [0.5, 0.6) is 5.75 Å². The number of amides is 2. The summed E-state index contributed by atoms with van der Waals surface area (Å²) >= 11 is 8.48. The number of nitrogens with one attached hydrogen (secondary N) is 2. The summed E-state index contributed by atoms with van der Waals surface area (Å²) in [4.78, 5) is 26.0. The molecule has 0 aliphatic heterocycles. The summed E-state index contributed by atoms with van der Waals surface area (Å²) in [5.74, 6) is -8.90. The molecule has 1 atom stereocenters. The SMILES string of the molecule is COc1c(NC(=O)c2ccc(C#N)cc2C)cccc1C(=O)Nc1c(Cl)cc(C(F)(C(F)(F)F)C(F)(F)C(F)(F)F)cc1Br. The van der Waals surface area contributed by atoms with Crippen molar-refractivity contribution in [3.63, 3.8) is 0 Å². The minimum Gasteiger partial charge on any atom is -0.494 e. The summed E-state index contributed by atoms with van der Waals surface area (Å²) in [5.41, 5.74) is -8.46. The van der Waals surface area contributed by atoms with Crippen LogP contribution in [0.2, 0.25) is 5.02 Å². The van der Waals surface area contributed by atoms with Crippen LogP contribution < -0.4 is 15.4 Å². The molecule has 3 rings (SSSR count). The maximum atomic E-state index is 14.9. The number of anilines is 2. The number of aryl methyl sites for hydroxylation is 1. The Labute approximate surface area is 255 Å². The second-order valence-corrected chi connectivity index (χ2v) is 10.2. The maximum Gasteiger partial charge on any atom is 0.457 e. The van der Waals surface area contributed by atoms with Gasteiger partial charge in [-0.15, -0.1) is 0 Å². The third-order valence-corrected chi connectivity index (χ3v) is 7.09. The molecule has 2 amide bonds. The van der Waals surface area contributed by atoms with Crippen molar-refractivity contribution in [1.29, 1.82) is 5.26 Å². The van der Waals surface area contributed by atoms with E-state index >= 15 is 0 Å². The molecule has 0 saturated heterocycles. The molecule has 3 aromatic carbocycles. The Balaban J connectivity index is 2.00. The van der Waals surface area contributed by atoms with E-state index in [9.17, 15) is 49.1 Å². The number of carbonyl (C=O) groups excluding carboxylic acids is 2. The fourth-order valence-corrected chi connectivity index (χ4v) is 4.94. The smallest absolute Gasteiger partial charge is 0.457 e. The summed E-state index contributed by atoms with van der Waals surface area (Å²) in [6, 6.07) is 9.88. The van der Waals surface area contributed by atoms with Gasteiger partial charge < -0.3 is 15.4 Å². The number of nitriles is 1. The van der Waals surface area contributed by atoms with Gasteiger partial charge in [0, 0.05) is 15.6 Å². The molecule has 1 unspecified atom stereocenters. The molecule has 44 heavy (non-hydrogen) atoms. The highest BCUT2D eigenvalue weighted by atomic mass is 79.9. The van der Waals surface area contributed by atoms with Crippen LogP contribution in [0, 0.1) is 18.3 Å². The lowest BCUT2D eigenvalue weighted by atomic mass is 9.87. The average molecular weight is 717 g/mol. The number of ether oxygens (including phenoxy) is 1. The fraction of sp³-hybridized carbons (Fsp3) is 0.222. The van der Waals surface area contributed by atoms with E-state index in [1.165, 1.54) is 36.4 Å². The van der Waals surface area contributed by atoms with Crippen LogP contribution in [0.4, 0.5) is 50.9 Å². The number of hydrogen-bond donors (Lipinski definition) is 2. The number of carbonyl (C=O) groups is 2. The van der Waals surface area contributed by atoms with Gasteiger partial charge in [0.2, 0.25) is 0 Å². The summed E-state index contributed by atoms with van der Waals surface area (Å²) in [6.45, 7) is 1.58. The highest BCUT2D eigenvalue weighted by Crippen LogP contribution is 2.59. The van der Waals surface area contributed by atoms with Crippen LogP contribution >= 0.6 is 27.5 Å². The fourth-order valence-electron chi connectivity index (χ4n) is 4.00. The third kappa shape index (κ3) is 6.16. The van der Waals surface area contributed by atoms with Crippen LogP contribution in [0.25, 0.3) is 0 Å². The molecule has 3 aromatic rings. The number of halogens is 11. The zero-order valence-electron chi connectivity index (χ0n) is 21.9. The zero-order valence-corrected chi connectivity index (χ0v) is 24.3. The quantitative estimate of drug-likeness (QED) is 0.240. The second-order valence-electron chi connectivity index (χ2n) is 8.98. The summed E-state index contributed by atoms with van der Waals surface area (Å²) in [5, 5.41) is 12.6. The number of methoxy groups -OCH3 is 1. The topological polar surface area (TPSA) is 91.2 Å². The lowest BCUT2D eigenvalue weighted by Crippen LogP contribution is -2.59. The molecule has 234 valence electrons. The van der Waals surface area contributed by atoms with Gasteiger partial charge in [0.15, 0.2) is 5.75 Å². The normalized spacial score (nSPS) is 13.5. The Morgan fingerprint density at radius 2 is 1.50 bits per heavy atom. The molecular formula is C27H16BrClF9N3O3. The molecule has 6 nitrogen and oxygen atoms in total. The van der Waals surface area contributed by atoms with Crippen LogP contribution in [0.3, 0.4) is 0 Å². The van der Waals surface area contributed by atoms with Crippen molar-refractivity contribution in [1.82, 2.24) is 0 Å². The monoisotopic (exact) mass is 715 g/mol. The summed E-state index contributed by atoms with van der Waals surface area (Å²) in [6.07, 6.45) is -13.7. The van der Waals surface area contributed by atoms with Gasteiger partial charge in [0.25, 0.3) is 11.8 Å². The maximum absolute atomic E-state index is 14.9. The first-order valence-corrected chi connectivity index (χ1v) is 12.9. The van der Waals surface area contributed by atoms with Gasteiger partial charge >= 0.3 is 23.9 Å². The Morgan fingerprint density at radius 3 is 2.00 bits per heavy atom. The molecule has 17 heteroatoms. The molecule has 0 heterocycles. The van der Waals surface area contributed by atoms with Gasteiger partial charge in [-0.25, -0.2) is 4.39 Å². The molecule has 0 saturated carbocycles. The Kier molecular flexibility index (Phi) is 9.57. The number of alkyl halides is 9. The number of para-hydroxylation sites is 1. The van der Waals surface area contributed by atoms with E-state index in [2.05, 4.69) is 26.6 Å². The van der Waals surface area contributed by atoms with Gasteiger partial charge in [0.1, 0.15) is 0 Å². The van der Waals surface area contributed by atoms with Gasteiger partial charge in [-0.2, -0.15) is 40.4 Å². The Bertz CT molecular complexity index is 1650. The van der Waals surface area contributed by atoms with Crippen molar-refractivity contribution in [3.8, 4) is 11.8 Å². The first-order chi connectivity index (χ1) is 20.2. The zero-order chi connectivity index (χ0) is 33.4.